The largest absolute Gasteiger partial charge is 0.384 e. The van der Waals surface area contributed by atoms with E-state index in [1.807, 2.05) is 0 Å². The molecule has 12 heavy (non-hydrogen) atoms. The van der Waals surface area contributed by atoms with Crippen LogP contribution in [0.4, 0.5) is 10.1 Å². The van der Waals surface area contributed by atoms with E-state index in [0.29, 0.717) is 5.02 Å². The van der Waals surface area contributed by atoms with Crippen LogP contribution in [0, 0.1) is 5.82 Å². The first-order valence-electron chi connectivity index (χ1n) is 3.93. The molecule has 0 aliphatic carbocycles. The number of halogens is 2. The maximum absolute atomic E-state index is 12.6. The molecule has 0 aliphatic heterocycles. The molecule has 0 aromatic heterocycles. The molecule has 3 heteroatoms. The van der Waals surface area contributed by atoms with Crippen molar-refractivity contribution in [1.29, 1.82) is 0 Å². The highest BCUT2D eigenvalue weighted by Crippen LogP contribution is 2.21. The summed E-state index contributed by atoms with van der Waals surface area (Å²) in [6.45, 7) is 2.91. The quantitative estimate of drug-likeness (QED) is 0.766. The van der Waals surface area contributed by atoms with Gasteiger partial charge in [-0.2, -0.15) is 0 Å². The van der Waals surface area contributed by atoms with Gasteiger partial charge in [0.15, 0.2) is 0 Å². The zero-order chi connectivity index (χ0) is 8.97. The van der Waals surface area contributed by atoms with Crippen molar-refractivity contribution >= 4 is 17.3 Å². The lowest BCUT2D eigenvalue weighted by Crippen LogP contribution is -1.99. The minimum absolute atomic E-state index is 0.304. The fraction of sp³-hybridized carbons (Fsp3) is 0.333. The predicted octanol–water partition coefficient (Wildman–Crippen LogP) is 3.30. The van der Waals surface area contributed by atoms with Crippen LogP contribution >= 0.6 is 11.6 Å². The molecular formula is C9H11ClFN. The lowest BCUT2D eigenvalue weighted by molar-refractivity contribution is 0.628. The van der Waals surface area contributed by atoms with Crippen LogP contribution in [0.3, 0.4) is 0 Å². The molecule has 0 aliphatic rings. The van der Waals surface area contributed by atoms with E-state index in [-0.39, 0.29) is 5.82 Å². The molecule has 1 N–H and O–H groups in total. The van der Waals surface area contributed by atoms with Gasteiger partial charge in [0.2, 0.25) is 0 Å². The Balaban J connectivity index is 2.72. The Morgan fingerprint density at radius 2 is 2.25 bits per heavy atom. The first-order valence-corrected chi connectivity index (χ1v) is 4.30. The van der Waals surface area contributed by atoms with Gasteiger partial charge < -0.3 is 5.32 Å². The number of anilines is 1. The Labute approximate surface area is 76.5 Å². The molecule has 0 amide bonds. The van der Waals surface area contributed by atoms with Crippen LogP contribution in [-0.4, -0.2) is 6.54 Å². The molecular weight excluding hydrogens is 177 g/mol. The van der Waals surface area contributed by atoms with Crippen molar-refractivity contribution in [2.24, 2.45) is 0 Å². The Kier molecular flexibility index (Phi) is 3.35. The SMILES string of the molecule is CCCNc1ccc(F)cc1Cl. The van der Waals surface area contributed by atoms with E-state index in [4.69, 9.17) is 11.6 Å². The first kappa shape index (κ1) is 9.33. The lowest BCUT2D eigenvalue weighted by Gasteiger charge is -2.05. The van der Waals surface area contributed by atoms with Gasteiger partial charge in [-0.1, -0.05) is 18.5 Å². The van der Waals surface area contributed by atoms with Crippen LogP contribution in [0.25, 0.3) is 0 Å². The van der Waals surface area contributed by atoms with Crippen molar-refractivity contribution in [2.45, 2.75) is 13.3 Å². The average molecular weight is 188 g/mol. The van der Waals surface area contributed by atoms with Crippen LogP contribution in [0.2, 0.25) is 5.02 Å². The molecule has 0 fully saturated rings. The third kappa shape index (κ3) is 2.38. The molecule has 0 radical (unpaired) electrons. The van der Waals surface area contributed by atoms with E-state index in [0.717, 1.165) is 18.7 Å². The third-order valence-electron chi connectivity index (χ3n) is 1.50. The second-order valence-electron chi connectivity index (χ2n) is 2.55. The maximum Gasteiger partial charge on any atom is 0.124 e. The lowest BCUT2D eigenvalue weighted by atomic mass is 10.3. The minimum atomic E-state index is -0.304. The fourth-order valence-electron chi connectivity index (χ4n) is 0.893. The van der Waals surface area contributed by atoms with Crippen molar-refractivity contribution in [1.82, 2.24) is 0 Å². The summed E-state index contributed by atoms with van der Waals surface area (Å²) in [6, 6.07) is 4.34. The van der Waals surface area contributed by atoms with E-state index in [2.05, 4.69) is 12.2 Å². The molecule has 1 aromatic rings. The molecule has 0 spiro atoms. The van der Waals surface area contributed by atoms with E-state index in [1.165, 1.54) is 12.1 Å². The van der Waals surface area contributed by atoms with Crippen LogP contribution in [0.15, 0.2) is 18.2 Å². The molecule has 1 rings (SSSR count). The minimum Gasteiger partial charge on any atom is -0.384 e. The number of nitrogens with one attached hydrogen (secondary N) is 1. The summed E-state index contributed by atoms with van der Waals surface area (Å²) in [5.41, 5.74) is 0.792. The highest BCUT2D eigenvalue weighted by Gasteiger charge is 1.99. The second-order valence-corrected chi connectivity index (χ2v) is 2.96. The van der Waals surface area contributed by atoms with Crippen LogP contribution < -0.4 is 5.32 Å². The van der Waals surface area contributed by atoms with Gasteiger partial charge in [0.25, 0.3) is 0 Å². The van der Waals surface area contributed by atoms with Gasteiger partial charge >= 0.3 is 0 Å². The van der Waals surface area contributed by atoms with Crippen molar-refractivity contribution in [3.8, 4) is 0 Å². The number of hydrogen-bond acceptors (Lipinski definition) is 1. The number of benzene rings is 1. The summed E-state index contributed by atoms with van der Waals surface area (Å²) >= 11 is 5.76. The number of hydrogen-bond donors (Lipinski definition) is 1. The Hall–Kier alpha value is -0.760. The van der Waals surface area contributed by atoms with Crippen molar-refractivity contribution < 1.29 is 4.39 Å². The Morgan fingerprint density at radius 1 is 1.50 bits per heavy atom. The van der Waals surface area contributed by atoms with Gasteiger partial charge in [-0.25, -0.2) is 4.39 Å². The average Bonchev–Trinajstić information content (AvgIpc) is 2.03. The highest BCUT2D eigenvalue weighted by molar-refractivity contribution is 6.33. The molecule has 1 aromatic carbocycles. The summed E-state index contributed by atoms with van der Waals surface area (Å²) in [6.07, 6.45) is 1.02. The normalized spacial score (nSPS) is 9.92. The van der Waals surface area contributed by atoms with Crippen molar-refractivity contribution in [3.05, 3.63) is 29.0 Å². The summed E-state index contributed by atoms with van der Waals surface area (Å²) in [4.78, 5) is 0. The van der Waals surface area contributed by atoms with Crippen LogP contribution in [0.5, 0.6) is 0 Å². The molecule has 0 bridgehead atoms. The first-order chi connectivity index (χ1) is 5.74. The standard InChI is InChI=1S/C9H11ClFN/c1-2-5-12-9-4-3-7(11)6-8(9)10/h3-4,6,12H,2,5H2,1H3. The second kappa shape index (κ2) is 4.31. The Morgan fingerprint density at radius 3 is 2.83 bits per heavy atom. The maximum atomic E-state index is 12.6. The zero-order valence-electron chi connectivity index (χ0n) is 6.90. The van der Waals surface area contributed by atoms with Gasteiger partial charge in [-0.05, 0) is 24.6 Å². The van der Waals surface area contributed by atoms with Gasteiger partial charge in [0.05, 0.1) is 10.7 Å². The zero-order valence-corrected chi connectivity index (χ0v) is 7.66. The molecule has 0 saturated heterocycles. The van der Waals surface area contributed by atoms with Crippen LogP contribution in [0.1, 0.15) is 13.3 Å². The fourth-order valence-corrected chi connectivity index (χ4v) is 1.13. The summed E-state index contributed by atoms with van der Waals surface area (Å²) in [5, 5.41) is 3.52. The smallest absolute Gasteiger partial charge is 0.124 e. The summed E-state index contributed by atoms with van der Waals surface area (Å²) < 4.78 is 12.6. The van der Waals surface area contributed by atoms with Crippen molar-refractivity contribution in [2.75, 3.05) is 11.9 Å². The predicted molar refractivity (Wildman–Crippen MR) is 50.2 cm³/mol. The Bertz CT molecular complexity index is 263. The highest BCUT2D eigenvalue weighted by atomic mass is 35.5. The molecule has 0 saturated carbocycles. The number of rotatable bonds is 3. The van der Waals surface area contributed by atoms with E-state index >= 15 is 0 Å². The molecule has 0 heterocycles. The monoisotopic (exact) mass is 187 g/mol. The topological polar surface area (TPSA) is 12.0 Å². The molecule has 0 atom stereocenters. The van der Waals surface area contributed by atoms with Crippen LogP contribution in [-0.2, 0) is 0 Å². The summed E-state index contributed by atoms with van der Waals surface area (Å²) in [5.74, 6) is -0.304. The van der Waals surface area contributed by atoms with Gasteiger partial charge in [0, 0.05) is 6.54 Å². The van der Waals surface area contributed by atoms with E-state index < -0.39 is 0 Å². The third-order valence-corrected chi connectivity index (χ3v) is 1.81. The molecule has 1 nitrogen and oxygen atoms in total. The van der Waals surface area contributed by atoms with E-state index in [1.54, 1.807) is 6.07 Å². The van der Waals surface area contributed by atoms with Gasteiger partial charge in [-0.15, -0.1) is 0 Å². The van der Waals surface area contributed by atoms with Gasteiger partial charge in [-0.3, -0.25) is 0 Å². The van der Waals surface area contributed by atoms with Crippen molar-refractivity contribution in [3.63, 3.8) is 0 Å². The molecule has 66 valence electrons. The molecule has 0 unspecified atom stereocenters. The van der Waals surface area contributed by atoms with E-state index in [9.17, 15) is 4.39 Å². The van der Waals surface area contributed by atoms with Gasteiger partial charge in [0.1, 0.15) is 5.82 Å². The summed E-state index contributed by atoms with van der Waals surface area (Å²) in [7, 11) is 0.